The number of rotatable bonds is 7. The molecule has 0 aliphatic rings. The number of hydrogen-bond donors (Lipinski definition) is 1. The van der Waals surface area contributed by atoms with Crippen LogP contribution in [0.2, 0.25) is 0 Å². The van der Waals surface area contributed by atoms with Gasteiger partial charge < -0.3 is 10.1 Å². The third-order valence-electron chi connectivity index (χ3n) is 3.04. The number of nitriles is 1. The van der Waals surface area contributed by atoms with Crippen molar-refractivity contribution in [1.29, 1.82) is 5.26 Å². The first-order valence-corrected chi connectivity index (χ1v) is 6.51. The Morgan fingerprint density at radius 3 is 2.83 bits per heavy atom. The lowest BCUT2D eigenvalue weighted by atomic mass is 10.1. The summed E-state index contributed by atoms with van der Waals surface area (Å²) < 4.78 is 5.31. The van der Waals surface area contributed by atoms with Crippen molar-refractivity contribution in [3.8, 4) is 11.8 Å². The van der Waals surface area contributed by atoms with Gasteiger partial charge in [-0.3, -0.25) is 0 Å². The van der Waals surface area contributed by atoms with Crippen LogP contribution in [0.5, 0.6) is 5.75 Å². The maximum atomic E-state index is 8.91. The number of nitrogens with zero attached hydrogens (tertiary/aromatic N) is 1. The second-order valence-corrected chi connectivity index (χ2v) is 4.56. The zero-order chi connectivity index (χ0) is 13.4. The summed E-state index contributed by atoms with van der Waals surface area (Å²) >= 11 is 0. The molecule has 0 bridgehead atoms. The monoisotopic (exact) mass is 246 g/mol. The molecule has 0 saturated heterocycles. The Kier molecular flexibility index (Phi) is 6.24. The Bertz CT molecular complexity index is 409. The molecule has 0 aliphatic carbocycles. The van der Waals surface area contributed by atoms with E-state index >= 15 is 0 Å². The van der Waals surface area contributed by atoms with Crippen molar-refractivity contribution in [3.63, 3.8) is 0 Å². The van der Waals surface area contributed by atoms with Crippen molar-refractivity contribution in [1.82, 2.24) is 5.32 Å². The van der Waals surface area contributed by atoms with Gasteiger partial charge in [-0.05, 0) is 31.5 Å². The van der Waals surface area contributed by atoms with Crippen LogP contribution in [-0.2, 0) is 6.54 Å². The lowest BCUT2D eigenvalue weighted by Gasteiger charge is -2.15. The van der Waals surface area contributed by atoms with Crippen molar-refractivity contribution >= 4 is 0 Å². The summed E-state index contributed by atoms with van der Waals surface area (Å²) in [6.07, 6.45) is 3.64. The SMILES string of the molecule is CCCCC(C)NCc1cc(C#N)ccc1OC. The molecule has 1 rings (SSSR count). The van der Waals surface area contributed by atoms with Gasteiger partial charge in [0.2, 0.25) is 0 Å². The van der Waals surface area contributed by atoms with Crippen molar-refractivity contribution < 1.29 is 4.74 Å². The number of benzene rings is 1. The minimum absolute atomic E-state index is 0.486. The van der Waals surface area contributed by atoms with E-state index in [2.05, 4.69) is 25.2 Å². The first-order chi connectivity index (χ1) is 8.71. The summed E-state index contributed by atoms with van der Waals surface area (Å²) in [5.74, 6) is 0.837. The minimum atomic E-state index is 0.486. The van der Waals surface area contributed by atoms with Gasteiger partial charge in [-0.2, -0.15) is 5.26 Å². The molecular weight excluding hydrogens is 224 g/mol. The number of methoxy groups -OCH3 is 1. The summed E-state index contributed by atoms with van der Waals surface area (Å²) in [4.78, 5) is 0. The predicted octanol–water partition coefficient (Wildman–Crippen LogP) is 3.24. The molecule has 0 fully saturated rings. The Balaban J connectivity index is 2.62. The fraction of sp³-hybridized carbons (Fsp3) is 0.533. The number of ether oxygens (including phenoxy) is 1. The lowest BCUT2D eigenvalue weighted by Crippen LogP contribution is -2.25. The molecule has 3 heteroatoms. The van der Waals surface area contributed by atoms with Gasteiger partial charge in [-0.25, -0.2) is 0 Å². The molecule has 0 aliphatic heterocycles. The van der Waals surface area contributed by atoms with E-state index in [-0.39, 0.29) is 0 Å². The average molecular weight is 246 g/mol. The van der Waals surface area contributed by atoms with Crippen LogP contribution >= 0.6 is 0 Å². The summed E-state index contributed by atoms with van der Waals surface area (Å²) in [5, 5.41) is 12.4. The van der Waals surface area contributed by atoms with Crippen LogP contribution in [0.1, 0.15) is 44.2 Å². The van der Waals surface area contributed by atoms with Gasteiger partial charge in [-0.1, -0.05) is 19.8 Å². The highest BCUT2D eigenvalue weighted by Gasteiger charge is 2.06. The lowest BCUT2D eigenvalue weighted by molar-refractivity contribution is 0.404. The molecule has 1 aromatic rings. The van der Waals surface area contributed by atoms with Crippen molar-refractivity contribution in [2.45, 2.75) is 45.7 Å². The molecule has 0 spiro atoms. The van der Waals surface area contributed by atoms with Gasteiger partial charge in [-0.15, -0.1) is 0 Å². The molecule has 0 saturated carbocycles. The summed E-state index contributed by atoms with van der Waals surface area (Å²) in [7, 11) is 1.66. The zero-order valence-electron chi connectivity index (χ0n) is 11.5. The van der Waals surface area contributed by atoms with Crippen molar-refractivity contribution in [2.24, 2.45) is 0 Å². The first-order valence-electron chi connectivity index (χ1n) is 6.51. The molecule has 1 N–H and O–H groups in total. The van der Waals surface area contributed by atoms with E-state index in [1.165, 1.54) is 19.3 Å². The molecule has 3 nitrogen and oxygen atoms in total. The molecule has 1 aromatic carbocycles. The van der Waals surface area contributed by atoms with Crippen molar-refractivity contribution in [2.75, 3.05) is 7.11 Å². The first kappa shape index (κ1) is 14.5. The van der Waals surface area contributed by atoms with Crippen LogP contribution in [0.25, 0.3) is 0 Å². The number of nitrogens with one attached hydrogen (secondary N) is 1. The van der Waals surface area contributed by atoms with Crippen LogP contribution in [0.15, 0.2) is 18.2 Å². The van der Waals surface area contributed by atoms with E-state index < -0.39 is 0 Å². The predicted molar refractivity (Wildman–Crippen MR) is 73.5 cm³/mol. The van der Waals surface area contributed by atoms with Gasteiger partial charge in [0, 0.05) is 18.2 Å². The molecule has 1 atom stereocenters. The highest BCUT2D eigenvalue weighted by atomic mass is 16.5. The van der Waals surface area contributed by atoms with Gasteiger partial charge >= 0.3 is 0 Å². The summed E-state index contributed by atoms with van der Waals surface area (Å²) in [5.41, 5.74) is 1.72. The average Bonchev–Trinajstić information content (AvgIpc) is 2.42. The van der Waals surface area contributed by atoms with E-state index in [4.69, 9.17) is 10.00 Å². The van der Waals surface area contributed by atoms with E-state index in [9.17, 15) is 0 Å². The van der Waals surface area contributed by atoms with Crippen LogP contribution in [-0.4, -0.2) is 13.2 Å². The molecule has 1 unspecified atom stereocenters. The highest BCUT2D eigenvalue weighted by molar-refractivity contribution is 5.41. The fourth-order valence-corrected chi connectivity index (χ4v) is 1.88. The quantitative estimate of drug-likeness (QED) is 0.803. The molecule has 18 heavy (non-hydrogen) atoms. The van der Waals surface area contributed by atoms with Crippen molar-refractivity contribution in [3.05, 3.63) is 29.3 Å². The summed E-state index contributed by atoms with van der Waals surface area (Å²) in [6.45, 7) is 5.13. The summed E-state index contributed by atoms with van der Waals surface area (Å²) in [6, 6.07) is 8.17. The topological polar surface area (TPSA) is 45.0 Å². The number of hydrogen-bond acceptors (Lipinski definition) is 3. The Labute approximate surface area is 110 Å². The molecule has 0 aromatic heterocycles. The largest absolute Gasteiger partial charge is 0.496 e. The van der Waals surface area contributed by atoms with Gasteiger partial charge in [0.05, 0.1) is 18.7 Å². The van der Waals surface area contributed by atoms with Crippen LogP contribution in [0.4, 0.5) is 0 Å². The second-order valence-electron chi connectivity index (χ2n) is 4.56. The fourth-order valence-electron chi connectivity index (χ4n) is 1.88. The Hall–Kier alpha value is -1.53. The zero-order valence-corrected chi connectivity index (χ0v) is 11.5. The third kappa shape index (κ3) is 4.38. The normalized spacial score (nSPS) is 11.9. The minimum Gasteiger partial charge on any atom is -0.496 e. The smallest absolute Gasteiger partial charge is 0.123 e. The molecule has 0 radical (unpaired) electrons. The van der Waals surface area contributed by atoms with Crippen LogP contribution < -0.4 is 10.1 Å². The molecule has 0 amide bonds. The molecule has 0 heterocycles. The third-order valence-corrected chi connectivity index (χ3v) is 3.04. The molecule has 98 valence electrons. The maximum absolute atomic E-state index is 8.91. The molecular formula is C15H22N2O. The Morgan fingerprint density at radius 1 is 1.44 bits per heavy atom. The van der Waals surface area contributed by atoms with Crippen LogP contribution in [0, 0.1) is 11.3 Å². The van der Waals surface area contributed by atoms with Gasteiger partial charge in [0.1, 0.15) is 5.75 Å². The van der Waals surface area contributed by atoms with E-state index in [0.29, 0.717) is 11.6 Å². The van der Waals surface area contributed by atoms with E-state index in [1.54, 1.807) is 13.2 Å². The number of unbranched alkanes of at least 4 members (excludes halogenated alkanes) is 1. The second kappa shape index (κ2) is 7.73. The van der Waals surface area contributed by atoms with Crippen LogP contribution in [0.3, 0.4) is 0 Å². The standard InChI is InChI=1S/C15H22N2O/c1-4-5-6-12(2)17-11-14-9-13(10-16)7-8-15(14)18-3/h7-9,12,17H,4-6,11H2,1-3H3. The highest BCUT2D eigenvalue weighted by Crippen LogP contribution is 2.19. The van der Waals surface area contributed by atoms with Gasteiger partial charge in [0.25, 0.3) is 0 Å². The van der Waals surface area contributed by atoms with Gasteiger partial charge in [0.15, 0.2) is 0 Å². The van der Waals surface area contributed by atoms with E-state index in [1.807, 2.05) is 12.1 Å². The maximum Gasteiger partial charge on any atom is 0.123 e. The van der Waals surface area contributed by atoms with E-state index in [0.717, 1.165) is 17.9 Å². The Morgan fingerprint density at radius 2 is 2.22 bits per heavy atom.